The molecule has 0 aromatic heterocycles. The van der Waals surface area contributed by atoms with Crippen LogP contribution in [0, 0.1) is 0 Å². The van der Waals surface area contributed by atoms with E-state index in [2.05, 4.69) is 70.3 Å². The van der Waals surface area contributed by atoms with Gasteiger partial charge in [-0.05, 0) is 69.8 Å². The van der Waals surface area contributed by atoms with Gasteiger partial charge in [0.25, 0.3) is 0 Å². The van der Waals surface area contributed by atoms with Crippen molar-refractivity contribution in [2.45, 2.75) is 6.42 Å². The number of carboxylic acid groups (broad SMARTS) is 1. The number of carboxylic acids is 1. The average molecular weight is 508 g/mol. The van der Waals surface area contributed by atoms with Gasteiger partial charge in [0.05, 0.1) is 15.6 Å². The summed E-state index contributed by atoms with van der Waals surface area (Å²) in [4.78, 5) is 10.6. The maximum absolute atomic E-state index is 10.6. The van der Waals surface area contributed by atoms with Crippen molar-refractivity contribution in [1.82, 2.24) is 0 Å². The van der Waals surface area contributed by atoms with Crippen molar-refractivity contribution in [3.05, 3.63) is 36.1 Å². The molecule has 1 aromatic carbocycles. The van der Waals surface area contributed by atoms with Crippen molar-refractivity contribution in [1.29, 1.82) is 0 Å². The van der Waals surface area contributed by atoms with Crippen molar-refractivity contribution in [2.75, 3.05) is 6.61 Å². The van der Waals surface area contributed by atoms with E-state index in [0.717, 1.165) is 17.9 Å². The fraction of sp³-hybridized carbons (Fsp3) is 0.182. The SMILES string of the molecule is C=C(CCOc1cc(Br)c(Br)c(Br)c1Br)C(=O)O. The normalized spacial score (nSPS) is 10.2. The van der Waals surface area contributed by atoms with Gasteiger partial charge in [0.2, 0.25) is 0 Å². The van der Waals surface area contributed by atoms with Gasteiger partial charge in [0.15, 0.2) is 0 Å². The van der Waals surface area contributed by atoms with Crippen molar-refractivity contribution in [3.8, 4) is 5.75 Å². The molecule has 0 fully saturated rings. The number of hydrogen-bond donors (Lipinski definition) is 1. The molecule has 0 bridgehead atoms. The van der Waals surface area contributed by atoms with E-state index in [1.54, 1.807) is 6.07 Å². The molecule has 0 saturated carbocycles. The minimum Gasteiger partial charge on any atom is -0.492 e. The fourth-order valence-electron chi connectivity index (χ4n) is 1.05. The second-order valence-corrected chi connectivity index (χ2v) is 6.54. The maximum atomic E-state index is 10.6. The minimum absolute atomic E-state index is 0.126. The van der Waals surface area contributed by atoms with Gasteiger partial charge in [-0.15, -0.1) is 0 Å². The van der Waals surface area contributed by atoms with Gasteiger partial charge in [0.1, 0.15) is 5.75 Å². The molecule has 0 aliphatic heterocycles. The lowest BCUT2D eigenvalue weighted by atomic mass is 10.2. The zero-order valence-corrected chi connectivity index (χ0v) is 15.3. The quantitative estimate of drug-likeness (QED) is 0.341. The van der Waals surface area contributed by atoms with Crippen LogP contribution in [0.5, 0.6) is 5.75 Å². The Balaban J connectivity index is 2.75. The highest BCUT2D eigenvalue weighted by Gasteiger charge is 2.13. The van der Waals surface area contributed by atoms with Crippen molar-refractivity contribution < 1.29 is 14.6 Å². The van der Waals surface area contributed by atoms with E-state index in [1.165, 1.54) is 0 Å². The summed E-state index contributed by atoms with van der Waals surface area (Å²) in [5.41, 5.74) is 0.126. The molecule has 3 nitrogen and oxygen atoms in total. The van der Waals surface area contributed by atoms with Crippen LogP contribution in [0.4, 0.5) is 0 Å². The van der Waals surface area contributed by atoms with E-state index in [0.29, 0.717) is 5.75 Å². The molecule has 0 radical (unpaired) electrons. The first-order valence-electron chi connectivity index (χ1n) is 4.71. The molecule has 0 heterocycles. The summed E-state index contributed by atoms with van der Waals surface area (Å²) in [7, 11) is 0. The fourth-order valence-corrected chi connectivity index (χ4v) is 3.13. The molecule has 0 atom stereocenters. The molecule has 7 heteroatoms. The smallest absolute Gasteiger partial charge is 0.331 e. The zero-order chi connectivity index (χ0) is 13.9. The van der Waals surface area contributed by atoms with Crippen LogP contribution < -0.4 is 4.74 Å². The van der Waals surface area contributed by atoms with E-state index in [-0.39, 0.29) is 18.6 Å². The number of halogens is 4. The summed E-state index contributed by atoms with van der Waals surface area (Å²) in [6, 6.07) is 1.79. The van der Waals surface area contributed by atoms with Crippen molar-refractivity contribution >= 4 is 69.7 Å². The molecule has 98 valence electrons. The number of benzene rings is 1. The Kier molecular flexibility index (Phi) is 6.37. The Morgan fingerprint density at radius 2 is 1.83 bits per heavy atom. The van der Waals surface area contributed by atoms with E-state index in [9.17, 15) is 4.79 Å². The maximum Gasteiger partial charge on any atom is 0.331 e. The van der Waals surface area contributed by atoms with Gasteiger partial charge in [0, 0.05) is 20.9 Å². The van der Waals surface area contributed by atoms with Gasteiger partial charge < -0.3 is 9.84 Å². The van der Waals surface area contributed by atoms with Crippen LogP contribution in [0.15, 0.2) is 36.1 Å². The Hall–Kier alpha value is 0.150. The first-order chi connectivity index (χ1) is 8.34. The van der Waals surface area contributed by atoms with Crippen LogP contribution in [-0.2, 0) is 4.79 Å². The summed E-state index contributed by atoms with van der Waals surface area (Å²) >= 11 is 13.6. The summed E-state index contributed by atoms with van der Waals surface area (Å²) < 4.78 is 8.82. The third-order valence-electron chi connectivity index (χ3n) is 2.03. The lowest BCUT2D eigenvalue weighted by molar-refractivity contribution is -0.132. The highest BCUT2D eigenvalue weighted by molar-refractivity contribution is 9.15. The summed E-state index contributed by atoms with van der Waals surface area (Å²) in [5.74, 6) is -0.383. The standard InChI is InChI=1S/C11H8Br4O3/c1-5(11(16)17)2-3-18-7-4-6(12)8(13)10(15)9(7)14/h4H,1-3H2,(H,16,17). The molecule has 0 aliphatic rings. The summed E-state index contributed by atoms with van der Waals surface area (Å²) in [6.07, 6.45) is 0.271. The van der Waals surface area contributed by atoms with Crippen molar-refractivity contribution in [3.63, 3.8) is 0 Å². The largest absolute Gasteiger partial charge is 0.492 e. The van der Waals surface area contributed by atoms with Gasteiger partial charge in [-0.3, -0.25) is 0 Å². The molecular weight excluding hydrogens is 500 g/mol. The van der Waals surface area contributed by atoms with Crippen LogP contribution >= 0.6 is 63.7 Å². The van der Waals surface area contributed by atoms with E-state index in [1.807, 2.05) is 0 Å². The molecule has 1 N–H and O–H groups in total. The summed E-state index contributed by atoms with van der Waals surface area (Å²) in [5, 5.41) is 8.67. The average Bonchev–Trinajstić information content (AvgIpc) is 2.32. The second-order valence-electron chi connectivity index (χ2n) is 3.31. The molecular formula is C11H8Br4O3. The second kappa shape index (κ2) is 7.07. The van der Waals surface area contributed by atoms with Crippen molar-refractivity contribution in [2.24, 2.45) is 0 Å². The van der Waals surface area contributed by atoms with Crippen LogP contribution in [-0.4, -0.2) is 17.7 Å². The van der Waals surface area contributed by atoms with Gasteiger partial charge in [-0.1, -0.05) is 6.58 Å². The van der Waals surface area contributed by atoms with Crippen LogP contribution in [0.1, 0.15) is 6.42 Å². The third-order valence-corrected chi connectivity index (χ3v) is 6.66. The predicted molar refractivity (Wildman–Crippen MR) is 84.1 cm³/mol. The number of rotatable bonds is 5. The van der Waals surface area contributed by atoms with E-state index < -0.39 is 5.97 Å². The molecule has 0 spiro atoms. The highest BCUT2D eigenvalue weighted by atomic mass is 79.9. The minimum atomic E-state index is -1.00. The molecule has 1 rings (SSSR count). The van der Waals surface area contributed by atoms with Crippen LogP contribution in [0.3, 0.4) is 0 Å². The molecule has 0 unspecified atom stereocenters. The first kappa shape index (κ1) is 16.2. The predicted octanol–water partition coefficient (Wildman–Crippen LogP) is 5.15. The number of hydrogen-bond acceptors (Lipinski definition) is 2. The molecule has 0 saturated heterocycles. The Morgan fingerprint density at radius 1 is 1.22 bits per heavy atom. The lowest BCUT2D eigenvalue weighted by Gasteiger charge is -2.11. The third kappa shape index (κ3) is 4.08. The van der Waals surface area contributed by atoms with Crippen LogP contribution in [0.25, 0.3) is 0 Å². The van der Waals surface area contributed by atoms with E-state index in [4.69, 9.17) is 9.84 Å². The molecule has 0 amide bonds. The Labute approximate surface area is 138 Å². The van der Waals surface area contributed by atoms with Gasteiger partial charge >= 0.3 is 5.97 Å². The topological polar surface area (TPSA) is 46.5 Å². The molecule has 1 aromatic rings. The molecule has 0 aliphatic carbocycles. The zero-order valence-electron chi connectivity index (χ0n) is 8.97. The number of aliphatic carboxylic acids is 1. The van der Waals surface area contributed by atoms with Crippen LogP contribution in [0.2, 0.25) is 0 Å². The van der Waals surface area contributed by atoms with Gasteiger partial charge in [-0.25, -0.2) is 4.79 Å². The summed E-state index contributed by atoms with van der Waals surface area (Å²) in [6.45, 7) is 3.69. The monoisotopic (exact) mass is 504 g/mol. The number of carbonyl (C=O) groups is 1. The highest BCUT2D eigenvalue weighted by Crippen LogP contribution is 2.42. The Morgan fingerprint density at radius 3 is 2.39 bits per heavy atom. The van der Waals surface area contributed by atoms with Gasteiger partial charge in [-0.2, -0.15) is 0 Å². The lowest BCUT2D eigenvalue weighted by Crippen LogP contribution is -2.05. The first-order valence-corrected chi connectivity index (χ1v) is 7.88. The molecule has 18 heavy (non-hydrogen) atoms. The number of ether oxygens (including phenoxy) is 1. The van der Waals surface area contributed by atoms with E-state index >= 15 is 0 Å². The Bertz CT molecular complexity index is 500.